The van der Waals surface area contributed by atoms with Gasteiger partial charge in [-0.3, -0.25) is 4.79 Å². The molecule has 0 spiro atoms. The Morgan fingerprint density at radius 1 is 1.56 bits per heavy atom. The van der Waals surface area contributed by atoms with E-state index in [1.165, 1.54) is 0 Å². The third kappa shape index (κ3) is 2.90. The van der Waals surface area contributed by atoms with Gasteiger partial charge in [0.2, 0.25) is 0 Å². The topological polar surface area (TPSA) is 67.2 Å². The van der Waals surface area contributed by atoms with E-state index < -0.39 is 0 Å². The molecular formula is C13H21N3O2. The van der Waals surface area contributed by atoms with Gasteiger partial charge in [0.1, 0.15) is 0 Å². The van der Waals surface area contributed by atoms with Crippen molar-refractivity contribution in [3.05, 3.63) is 22.7 Å². The minimum Gasteiger partial charge on any atom is -0.393 e. The number of aliphatic hydroxyl groups excluding tert-OH is 1. The average Bonchev–Trinajstić information content (AvgIpc) is 2.73. The van der Waals surface area contributed by atoms with Crippen molar-refractivity contribution < 1.29 is 5.11 Å². The molecule has 0 bridgehead atoms. The second-order valence-electron chi connectivity index (χ2n) is 5.30. The molecule has 0 radical (unpaired) electrons. The van der Waals surface area contributed by atoms with E-state index in [-0.39, 0.29) is 17.7 Å². The van der Waals surface area contributed by atoms with Gasteiger partial charge < -0.3 is 15.0 Å². The molecule has 0 amide bonds. The molecule has 1 heterocycles. The van der Waals surface area contributed by atoms with Crippen LogP contribution in [-0.4, -0.2) is 27.3 Å². The minimum atomic E-state index is -0.173. The Bertz CT molecular complexity index is 456. The number of nitrogens with zero attached hydrogens (tertiary/aromatic N) is 2. The highest BCUT2D eigenvalue weighted by atomic mass is 16.3. The van der Waals surface area contributed by atoms with Crippen molar-refractivity contribution in [3.8, 4) is 0 Å². The van der Waals surface area contributed by atoms with Gasteiger partial charge in [0.15, 0.2) is 5.82 Å². The lowest BCUT2D eigenvalue weighted by molar-refractivity contribution is 0.178. The van der Waals surface area contributed by atoms with Crippen LogP contribution in [-0.2, 0) is 0 Å². The van der Waals surface area contributed by atoms with E-state index >= 15 is 0 Å². The summed E-state index contributed by atoms with van der Waals surface area (Å²) in [6, 6.07) is 0.134. The number of hydrogen-bond acceptors (Lipinski definition) is 4. The number of nitrogens with one attached hydrogen (secondary N) is 1. The van der Waals surface area contributed by atoms with E-state index in [2.05, 4.69) is 10.3 Å². The first kappa shape index (κ1) is 13.1. The predicted octanol–water partition coefficient (Wildman–Crippen LogP) is 1.40. The van der Waals surface area contributed by atoms with Crippen molar-refractivity contribution >= 4 is 5.82 Å². The van der Waals surface area contributed by atoms with E-state index in [0.717, 1.165) is 19.3 Å². The summed E-state index contributed by atoms with van der Waals surface area (Å²) in [6.07, 6.45) is 5.88. The minimum absolute atomic E-state index is 0.0777. The maximum Gasteiger partial charge on any atom is 0.293 e. The molecular weight excluding hydrogens is 230 g/mol. The zero-order valence-electron chi connectivity index (χ0n) is 11.0. The number of rotatable bonds is 4. The molecule has 18 heavy (non-hydrogen) atoms. The van der Waals surface area contributed by atoms with Crippen molar-refractivity contribution in [2.24, 2.45) is 5.92 Å². The van der Waals surface area contributed by atoms with Gasteiger partial charge in [0, 0.05) is 25.0 Å². The smallest absolute Gasteiger partial charge is 0.293 e. The van der Waals surface area contributed by atoms with E-state index in [1.54, 1.807) is 17.0 Å². The van der Waals surface area contributed by atoms with Gasteiger partial charge >= 0.3 is 0 Å². The predicted molar refractivity (Wildman–Crippen MR) is 70.7 cm³/mol. The third-order valence-corrected chi connectivity index (χ3v) is 3.50. The Labute approximate surface area is 107 Å². The molecule has 1 saturated carbocycles. The zero-order valence-corrected chi connectivity index (χ0v) is 11.0. The van der Waals surface area contributed by atoms with E-state index in [9.17, 15) is 9.90 Å². The lowest BCUT2D eigenvalue weighted by atomic mass is 10.1. The summed E-state index contributed by atoms with van der Waals surface area (Å²) in [6.45, 7) is 4.65. The Kier molecular flexibility index (Phi) is 4.01. The quantitative estimate of drug-likeness (QED) is 0.848. The number of aliphatic hydroxyl groups is 1. The standard InChI is InChI=1S/C13H21N3O2/c1-9(2)16-6-5-14-12(13(16)18)15-8-10-3-4-11(17)7-10/h5-6,9-11,17H,3-4,7-8H2,1-2H3,(H,14,15). The van der Waals surface area contributed by atoms with Crippen LogP contribution in [0.3, 0.4) is 0 Å². The van der Waals surface area contributed by atoms with Crippen LogP contribution in [0.1, 0.15) is 39.2 Å². The molecule has 0 aromatic carbocycles. The van der Waals surface area contributed by atoms with Gasteiger partial charge in [-0.2, -0.15) is 0 Å². The monoisotopic (exact) mass is 251 g/mol. The van der Waals surface area contributed by atoms with Gasteiger partial charge in [0.25, 0.3) is 5.56 Å². The molecule has 1 aliphatic rings. The summed E-state index contributed by atoms with van der Waals surface area (Å²) in [4.78, 5) is 16.2. The zero-order chi connectivity index (χ0) is 13.1. The third-order valence-electron chi connectivity index (χ3n) is 3.50. The van der Waals surface area contributed by atoms with Crippen molar-refractivity contribution in [1.29, 1.82) is 0 Å². The molecule has 1 aromatic heterocycles. The lowest BCUT2D eigenvalue weighted by Gasteiger charge is -2.13. The maximum absolute atomic E-state index is 12.1. The van der Waals surface area contributed by atoms with Crippen molar-refractivity contribution in [1.82, 2.24) is 9.55 Å². The van der Waals surface area contributed by atoms with Crippen LogP contribution < -0.4 is 10.9 Å². The van der Waals surface area contributed by atoms with Crippen LogP contribution >= 0.6 is 0 Å². The van der Waals surface area contributed by atoms with Gasteiger partial charge in [-0.05, 0) is 39.0 Å². The second-order valence-corrected chi connectivity index (χ2v) is 5.30. The fourth-order valence-corrected chi connectivity index (χ4v) is 2.43. The molecule has 1 fully saturated rings. The van der Waals surface area contributed by atoms with Gasteiger partial charge in [-0.25, -0.2) is 4.98 Å². The lowest BCUT2D eigenvalue weighted by Crippen LogP contribution is -2.27. The molecule has 1 aliphatic carbocycles. The summed E-state index contributed by atoms with van der Waals surface area (Å²) >= 11 is 0. The SMILES string of the molecule is CC(C)n1ccnc(NCC2CCC(O)C2)c1=O. The van der Waals surface area contributed by atoms with Crippen LogP contribution in [0.4, 0.5) is 5.82 Å². The fourth-order valence-electron chi connectivity index (χ4n) is 2.43. The van der Waals surface area contributed by atoms with Gasteiger partial charge in [-0.1, -0.05) is 0 Å². The summed E-state index contributed by atoms with van der Waals surface area (Å²) in [5.74, 6) is 0.849. The largest absolute Gasteiger partial charge is 0.393 e. The first-order valence-electron chi connectivity index (χ1n) is 6.57. The van der Waals surface area contributed by atoms with Crippen LogP contribution in [0.5, 0.6) is 0 Å². The average molecular weight is 251 g/mol. The number of anilines is 1. The molecule has 1 aromatic rings. The van der Waals surface area contributed by atoms with Gasteiger partial charge in [-0.15, -0.1) is 0 Å². The Hall–Kier alpha value is -1.36. The molecule has 2 rings (SSSR count). The second kappa shape index (κ2) is 5.52. The highest BCUT2D eigenvalue weighted by Gasteiger charge is 2.22. The highest BCUT2D eigenvalue weighted by molar-refractivity contribution is 5.31. The first-order valence-corrected chi connectivity index (χ1v) is 6.57. The molecule has 2 atom stereocenters. The fraction of sp³-hybridized carbons (Fsp3) is 0.692. The molecule has 5 heteroatoms. The molecule has 2 N–H and O–H groups in total. The van der Waals surface area contributed by atoms with Crippen molar-refractivity contribution in [2.75, 3.05) is 11.9 Å². The van der Waals surface area contributed by atoms with Crippen molar-refractivity contribution in [2.45, 2.75) is 45.3 Å². The van der Waals surface area contributed by atoms with Crippen LogP contribution in [0, 0.1) is 5.92 Å². The normalized spacial score (nSPS) is 23.6. The summed E-state index contributed by atoms with van der Waals surface area (Å²) in [7, 11) is 0. The number of hydrogen-bond donors (Lipinski definition) is 2. The van der Waals surface area contributed by atoms with Crippen LogP contribution in [0.15, 0.2) is 17.2 Å². The molecule has 100 valence electrons. The summed E-state index contributed by atoms with van der Waals surface area (Å²) in [5, 5.41) is 12.6. The van der Waals surface area contributed by atoms with Crippen LogP contribution in [0.25, 0.3) is 0 Å². The molecule has 5 nitrogen and oxygen atoms in total. The van der Waals surface area contributed by atoms with Crippen LogP contribution in [0.2, 0.25) is 0 Å². The van der Waals surface area contributed by atoms with Crippen molar-refractivity contribution in [3.63, 3.8) is 0 Å². The molecule has 2 unspecified atom stereocenters. The Balaban J connectivity index is 2.01. The van der Waals surface area contributed by atoms with E-state index in [4.69, 9.17) is 0 Å². The summed E-state index contributed by atoms with van der Waals surface area (Å²) in [5.41, 5.74) is -0.0777. The molecule has 0 aliphatic heterocycles. The first-order chi connectivity index (χ1) is 8.58. The van der Waals surface area contributed by atoms with E-state index in [0.29, 0.717) is 18.3 Å². The van der Waals surface area contributed by atoms with Gasteiger partial charge in [0.05, 0.1) is 6.10 Å². The highest BCUT2D eigenvalue weighted by Crippen LogP contribution is 2.25. The van der Waals surface area contributed by atoms with E-state index in [1.807, 2.05) is 13.8 Å². The Morgan fingerprint density at radius 2 is 2.33 bits per heavy atom. The molecule has 0 saturated heterocycles. The Morgan fingerprint density at radius 3 is 2.94 bits per heavy atom. The summed E-state index contributed by atoms with van der Waals surface area (Å²) < 4.78 is 1.67. The number of aromatic nitrogens is 2. The maximum atomic E-state index is 12.1.